The highest BCUT2D eigenvalue weighted by molar-refractivity contribution is 4.96. The highest BCUT2D eigenvalue weighted by Crippen LogP contribution is 2.29. The van der Waals surface area contributed by atoms with E-state index in [1.807, 2.05) is 18.7 Å². The van der Waals surface area contributed by atoms with Crippen molar-refractivity contribution in [2.45, 2.75) is 58.8 Å². The van der Waals surface area contributed by atoms with Crippen LogP contribution in [0.5, 0.6) is 0 Å². The van der Waals surface area contributed by atoms with Gasteiger partial charge in [0.1, 0.15) is 0 Å². The standard InChI is InChI=1S/C13H25F3N2/c1-11(2,3)10-8-18(7-6-13(14,15)16)12(4,5)9-17-10/h10,17H,6-9H2,1-5H3. The summed E-state index contributed by atoms with van der Waals surface area (Å²) < 4.78 is 37.1. The third-order valence-corrected chi connectivity index (χ3v) is 3.75. The molecule has 0 aromatic rings. The minimum atomic E-state index is -4.07. The first-order valence-electron chi connectivity index (χ1n) is 6.47. The van der Waals surface area contributed by atoms with Crippen LogP contribution in [0.15, 0.2) is 0 Å². The van der Waals surface area contributed by atoms with Gasteiger partial charge in [-0.1, -0.05) is 20.8 Å². The maximum atomic E-state index is 12.4. The average molecular weight is 266 g/mol. The largest absolute Gasteiger partial charge is 0.390 e. The zero-order chi connectivity index (χ0) is 14.2. The summed E-state index contributed by atoms with van der Waals surface area (Å²) in [6.45, 7) is 11.8. The molecule has 0 aromatic carbocycles. The second kappa shape index (κ2) is 5.00. The molecule has 1 heterocycles. The first-order chi connectivity index (χ1) is 7.92. The van der Waals surface area contributed by atoms with Crippen molar-refractivity contribution in [3.63, 3.8) is 0 Å². The van der Waals surface area contributed by atoms with Gasteiger partial charge < -0.3 is 5.32 Å². The molecular weight excluding hydrogens is 241 g/mol. The molecule has 1 aliphatic heterocycles. The molecule has 0 aromatic heterocycles. The summed E-state index contributed by atoms with van der Waals surface area (Å²) in [5.74, 6) is 0. The number of hydrogen-bond donors (Lipinski definition) is 1. The van der Waals surface area contributed by atoms with Gasteiger partial charge in [0.15, 0.2) is 0 Å². The van der Waals surface area contributed by atoms with Gasteiger partial charge in [0, 0.05) is 31.2 Å². The molecule has 0 aliphatic carbocycles. The van der Waals surface area contributed by atoms with Crippen molar-refractivity contribution in [2.75, 3.05) is 19.6 Å². The Balaban J connectivity index is 2.66. The molecule has 0 saturated carbocycles. The lowest BCUT2D eigenvalue weighted by atomic mass is 9.83. The summed E-state index contributed by atoms with van der Waals surface area (Å²) in [7, 11) is 0. The quantitative estimate of drug-likeness (QED) is 0.826. The van der Waals surface area contributed by atoms with Gasteiger partial charge in [-0.2, -0.15) is 13.2 Å². The lowest BCUT2D eigenvalue weighted by molar-refractivity contribution is -0.142. The van der Waals surface area contributed by atoms with Crippen molar-refractivity contribution in [2.24, 2.45) is 5.41 Å². The number of piperazine rings is 1. The van der Waals surface area contributed by atoms with Gasteiger partial charge in [0.05, 0.1) is 6.42 Å². The highest BCUT2D eigenvalue weighted by atomic mass is 19.4. The van der Waals surface area contributed by atoms with Gasteiger partial charge in [0.25, 0.3) is 0 Å². The van der Waals surface area contributed by atoms with Crippen LogP contribution in [-0.4, -0.2) is 42.3 Å². The Kier molecular flexibility index (Phi) is 4.38. The first kappa shape index (κ1) is 15.8. The van der Waals surface area contributed by atoms with Gasteiger partial charge >= 0.3 is 6.18 Å². The summed E-state index contributed by atoms with van der Waals surface area (Å²) >= 11 is 0. The smallest absolute Gasteiger partial charge is 0.310 e. The lowest BCUT2D eigenvalue weighted by Gasteiger charge is -2.49. The summed E-state index contributed by atoms with van der Waals surface area (Å²) in [6.07, 6.45) is -4.80. The highest BCUT2D eigenvalue weighted by Gasteiger charge is 2.39. The van der Waals surface area contributed by atoms with Crippen molar-refractivity contribution in [1.82, 2.24) is 10.2 Å². The lowest BCUT2D eigenvalue weighted by Crippen LogP contribution is -2.65. The summed E-state index contributed by atoms with van der Waals surface area (Å²) in [4.78, 5) is 1.97. The fraction of sp³-hybridized carbons (Fsp3) is 1.00. The Morgan fingerprint density at radius 3 is 2.22 bits per heavy atom. The summed E-state index contributed by atoms with van der Waals surface area (Å²) in [5.41, 5.74) is -0.153. The maximum absolute atomic E-state index is 12.4. The van der Waals surface area contributed by atoms with E-state index in [0.29, 0.717) is 6.54 Å². The van der Waals surface area contributed by atoms with Gasteiger partial charge in [0.2, 0.25) is 0 Å². The molecule has 108 valence electrons. The molecule has 1 fully saturated rings. The molecule has 0 bridgehead atoms. The SMILES string of the molecule is CC(C)(C)C1CN(CCC(F)(F)F)C(C)(C)CN1. The maximum Gasteiger partial charge on any atom is 0.390 e. The molecule has 0 spiro atoms. The van der Waals surface area contributed by atoms with E-state index < -0.39 is 12.6 Å². The van der Waals surface area contributed by atoms with Crippen LogP contribution >= 0.6 is 0 Å². The van der Waals surface area contributed by atoms with E-state index in [9.17, 15) is 13.2 Å². The van der Waals surface area contributed by atoms with Crippen molar-refractivity contribution in [3.8, 4) is 0 Å². The van der Waals surface area contributed by atoms with Gasteiger partial charge in [-0.3, -0.25) is 4.90 Å². The molecule has 0 amide bonds. The number of hydrogen-bond acceptors (Lipinski definition) is 2. The van der Waals surface area contributed by atoms with Gasteiger partial charge in [-0.15, -0.1) is 0 Å². The second-order valence-corrected chi connectivity index (χ2v) is 6.92. The number of rotatable bonds is 2. The number of halogens is 3. The topological polar surface area (TPSA) is 15.3 Å². The second-order valence-electron chi connectivity index (χ2n) is 6.92. The molecular formula is C13H25F3N2. The first-order valence-corrected chi connectivity index (χ1v) is 6.47. The van der Waals surface area contributed by atoms with Crippen LogP contribution in [0, 0.1) is 5.41 Å². The fourth-order valence-corrected chi connectivity index (χ4v) is 2.25. The minimum absolute atomic E-state index is 0.0625. The normalized spacial score (nSPS) is 26.3. The summed E-state index contributed by atoms with van der Waals surface area (Å²) in [5, 5.41) is 3.45. The summed E-state index contributed by atoms with van der Waals surface area (Å²) in [6, 6.07) is 0.235. The van der Waals surface area contributed by atoms with Crippen LogP contribution in [0.4, 0.5) is 13.2 Å². The number of alkyl halides is 3. The third-order valence-electron chi connectivity index (χ3n) is 3.75. The molecule has 5 heteroatoms. The van der Waals surface area contributed by atoms with Crippen LogP contribution in [-0.2, 0) is 0 Å². The van der Waals surface area contributed by atoms with E-state index in [1.54, 1.807) is 0 Å². The van der Waals surface area contributed by atoms with E-state index in [4.69, 9.17) is 0 Å². The molecule has 2 nitrogen and oxygen atoms in total. The van der Waals surface area contributed by atoms with Crippen LogP contribution in [0.3, 0.4) is 0 Å². The Bertz CT molecular complexity index is 279. The van der Waals surface area contributed by atoms with Crippen molar-refractivity contribution in [3.05, 3.63) is 0 Å². The van der Waals surface area contributed by atoms with Crippen LogP contribution in [0.25, 0.3) is 0 Å². The molecule has 1 unspecified atom stereocenters. The van der Waals surface area contributed by atoms with Crippen LogP contribution in [0.2, 0.25) is 0 Å². The van der Waals surface area contributed by atoms with Crippen molar-refractivity contribution >= 4 is 0 Å². The van der Waals surface area contributed by atoms with Crippen LogP contribution in [0.1, 0.15) is 41.0 Å². The molecule has 1 rings (SSSR count). The molecule has 1 atom stereocenters. The van der Waals surface area contributed by atoms with Crippen molar-refractivity contribution in [1.29, 1.82) is 0 Å². The molecule has 0 radical (unpaired) electrons. The van der Waals surface area contributed by atoms with E-state index >= 15 is 0 Å². The third kappa shape index (κ3) is 4.43. The predicted octanol–water partition coefficient (Wildman–Crippen LogP) is 3.04. The van der Waals surface area contributed by atoms with Crippen molar-refractivity contribution < 1.29 is 13.2 Å². The van der Waals surface area contributed by atoms with E-state index in [2.05, 4.69) is 26.1 Å². The van der Waals surface area contributed by atoms with Gasteiger partial charge in [-0.25, -0.2) is 0 Å². The molecule has 1 N–H and O–H groups in total. The van der Waals surface area contributed by atoms with Crippen LogP contribution < -0.4 is 5.32 Å². The molecule has 18 heavy (non-hydrogen) atoms. The Hall–Kier alpha value is -0.290. The number of nitrogens with one attached hydrogen (secondary N) is 1. The fourth-order valence-electron chi connectivity index (χ4n) is 2.25. The number of nitrogens with zero attached hydrogens (tertiary/aromatic N) is 1. The minimum Gasteiger partial charge on any atom is -0.310 e. The zero-order valence-electron chi connectivity index (χ0n) is 12.0. The Labute approximate surface area is 108 Å². The Morgan fingerprint density at radius 2 is 1.78 bits per heavy atom. The molecule has 1 saturated heterocycles. The Morgan fingerprint density at radius 1 is 1.22 bits per heavy atom. The monoisotopic (exact) mass is 266 g/mol. The van der Waals surface area contributed by atoms with E-state index in [0.717, 1.165) is 6.54 Å². The average Bonchev–Trinajstić information content (AvgIpc) is 2.11. The van der Waals surface area contributed by atoms with E-state index in [-0.39, 0.29) is 23.5 Å². The van der Waals surface area contributed by atoms with E-state index in [1.165, 1.54) is 0 Å². The zero-order valence-corrected chi connectivity index (χ0v) is 12.0. The molecule has 1 aliphatic rings. The van der Waals surface area contributed by atoms with Gasteiger partial charge in [-0.05, 0) is 19.3 Å². The predicted molar refractivity (Wildman–Crippen MR) is 67.6 cm³/mol.